The van der Waals surface area contributed by atoms with E-state index in [-0.39, 0.29) is 18.1 Å². The fraction of sp³-hybridized carbons (Fsp3) is 0.0938. The average molecular weight is 770 g/mol. The highest BCUT2D eigenvalue weighted by molar-refractivity contribution is 9.11. The van der Waals surface area contributed by atoms with Gasteiger partial charge < -0.3 is 18.5 Å². The van der Waals surface area contributed by atoms with Gasteiger partial charge in [0, 0.05) is 31.6 Å². The van der Waals surface area contributed by atoms with E-state index < -0.39 is 11.9 Å². The van der Waals surface area contributed by atoms with Gasteiger partial charge in [0.15, 0.2) is 11.5 Å². The number of nitrogens with one attached hydrogen (secondary N) is 1. The number of esters is 1. The summed E-state index contributed by atoms with van der Waals surface area (Å²) in [6.07, 6.45) is 1.38. The summed E-state index contributed by atoms with van der Waals surface area (Å²) in [6.45, 7) is 4.28. The number of aryl methyl sites for hydroxylation is 2. The second-order valence-electron chi connectivity index (χ2n) is 9.40. The van der Waals surface area contributed by atoms with Gasteiger partial charge in [0.1, 0.15) is 18.1 Å². The van der Waals surface area contributed by atoms with Crippen LogP contribution in [0.1, 0.15) is 43.6 Å². The Bertz CT molecular complexity index is 1790. The summed E-state index contributed by atoms with van der Waals surface area (Å²) in [6, 6.07) is 25.4. The van der Waals surface area contributed by atoms with E-state index in [1.807, 2.05) is 24.3 Å². The molecular formula is C32H24Br3N3O5. The number of carbonyl (C=O) groups is 2. The van der Waals surface area contributed by atoms with Crippen LogP contribution in [0.15, 0.2) is 108 Å². The first-order valence-corrected chi connectivity index (χ1v) is 15.3. The van der Waals surface area contributed by atoms with Crippen molar-refractivity contribution >= 4 is 65.9 Å². The molecule has 0 fully saturated rings. The molecule has 8 nitrogen and oxygen atoms in total. The zero-order valence-corrected chi connectivity index (χ0v) is 27.7. The molecule has 0 aliphatic rings. The Labute approximate surface area is 273 Å². The smallest absolute Gasteiger partial charge is 0.343 e. The molecule has 0 saturated heterocycles. The molecule has 43 heavy (non-hydrogen) atoms. The van der Waals surface area contributed by atoms with Crippen LogP contribution in [-0.4, -0.2) is 22.7 Å². The van der Waals surface area contributed by atoms with Crippen LogP contribution in [0.2, 0.25) is 0 Å². The van der Waals surface area contributed by atoms with Crippen molar-refractivity contribution in [2.45, 2.75) is 20.5 Å². The van der Waals surface area contributed by atoms with Crippen molar-refractivity contribution in [3.8, 4) is 17.2 Å². The lowest BCUT2D eigenvalue weighted by atomic mass is 10.2. The summed E-state index contributed by atoms with van der Waals surface area (Å²) in [5, 5.41) is 4.04. The van der Waals surface area contributed by atoms with Crippen LogP contribution in [0, 0.1) is 13.8 Å². The number of hydrogen-bond acceptors (Lipinski definition) is 6. The third-order valence-corrected chi connectivity index (χ3v) is 7.89. The summed E-state index contributed by atoms with van der Waals surface area (Å²) in [4.78, 5) is 25.4. The Hall–Kier alpha value is -3.93. The van der Waals surface area contributed by atoms with E-state index in [0.717, 1.165) is 26.0 Å². The minimum absolute atomic E-state index is 0.0713. The Balaban J connectivity index is 1.19. The maximum atomic E-state index is 12.7. The molecule has 5 aromatic rings. The monoisotopic (exact) mass is 767 g/mol. The fourth-order valence-electron chi connectivity index (χ4n) is 4.24. The lowest BCUT2D eigenvalue weighted by Gasteiger charge is -2.11. The highest BCUT2D eigenvalue weighted by atomic mass is 79.9. The van der Waals surface area contributed by atoms with Crippen molar-refractivity contribution in [2.75, 3.05) is 0 Å². The third-order valence-electron chi connectivity index (χ3n) is 6.31. The Morgan fingerprint density at radius 2 is 1.58 bits per heavy atom. The maximum absolute atomic E-state index is 12.7. The van der Waals surface area contributed by atoms with Crippen LogP contribution in [0.3, 0.4) is 0 Å². The zero-order valence-electron chi connectivity index (χ0n) is 22.9. The Kier molecular flexibility index (Phi) is 9.64. The largest absolute Gasteiger partial charge is 0.486 e. The van der Waals surface area contributed by atoms with Crippen molar-refractivity contribution in [3.63, 3.8) is 0 Å². The highest BCUT2D eigenvalue weighted by Gasteiger charge is 2.16. The van der Waals surface area contributed by atoms with Gasteiger partial charge >= 0.3 is 11.9 Å². The van der Waals surface area contributed by atoms with Gasteiger partial charge in [-0.05, 0) is 115 Å². The van der Waals surface area contributed by atoms with Gasteiger partial charge in [-0.2, -0.15) is 5.10 Å². The number of hydrazone groups is 1. The summed E-state index contributed by atoms with van der Waals surface area (Å²) in [7, 11) is 0. The number of benzene rings is 3. The molecule has 0 atom stereocenters. The molecule has 3 aromatic carbocycles. The molecule has 1 amide bonds. The van der Waals surface area contributed by atoms with Crippen LogP contribution in [0.4, 0.5) is 0 Å². The number of ether oxygens (including phenoxy) is 2. The quantitative estimate of drug-likeness (QED) is 0.0702. The van der Waals surface area contributed by atoms with E-state index in [4.69, 9.17) is 13.9 Å². The summed E-state index contributed by atoms with van der Waals surface area (Å²) < 4.78 is 21.4. The lowest BCUT2D eigenvalue weighted by molar-refractivity contribution is 0.0732. The minimum Gasteiger partial charge on any atom is -0.486 e. The van der Waals surface area contributed by atoms with Gasteiger partial charge in [-0.25, -0.2) is 10.2 Å². The predicted molar refractivity (Wildman–Crippen MR) is 174 cm³/mol. The molecule has 218 valence electrons. The average Bonchev–Trinajstić information content (AvgIpc) is 3.60. The van der Waals surface area contributed by atoms with Crippen LogP contribution >= 0.6 is 47.8 Å². The first kappa shape index (κ1) is 30.5. The molecule has 0 aliphatic carbocycles. The van der Waals surface area contributed by atoms with Crippen molar-refractivity contribution in [1.82, 2.24) is 9.99 Å². The topological polar surface area (TPSA) is 95.1 Å². The van der Waals surface area contributed by atoms with Crippen molar-refractivity contribution in [1.29, 1.82) is 0 Å². The molecule has 1 N–H and O–H groups in total. The number of carbonyl (C=O) groups excluding carboxylic acids is 2. The third kappa shape index (κ3) is 7.54. The molecular weight excluding hydrogens is 746 g/mol. The molecule has 0 unspecified atom stereocenters. The second-order valence-corrected chi connectivity index (χ2v) is 12.1. The Morgan fingerprint density at radius 1 is 0.884 bits per heavy atom. The SMILES string of the molecule is Cc1ccc(C)n1-c1ccc(OCc2ccc(C(=O)N/N=C\c3cc(Br)cc(Br)c3OC(=O)c3ccc(Br)cc3)o2)cc1. The highest BCUT2D eigenvalue weighted by Crippen LogP contribution is 2.33. The molecule has 0 spiro atoms. The second kappa shape index (κ2) is 13.6. The number of furan rings is 1. The van der Waals surface area contributed by atoms with Crippen molar-refractivity contribution < 1.29 is 23.5 Å². The van der Waals surface area contributed by atoms with E-state index >= 15 is 0 Å². The van der Waals surface area contributed by atoms with Crippen LogP contribution in [0.25, 0.3) is 5.69 Å². The molecule has 2 heterocycles. The lowest BCUT2D eigenvalue weighted by Crippen LogP contribution is -2.17. The Morgan fingerprint density at radius 3 is 2.28 bits per heavy atom. The van der Waals surface area contributed by atoms with E-state index in [2.05, 4.69) is 88.9 Å². The van der Waals surface area contributed by atoms with Crippen molar-refractivity contribution in [2.24, 2.45) is 5.10 Å². The van der Waals surface area contributed by atoms with Gasteiger partial charge in [-0.1, -0.05) is 31.9 Å². The standard InChI is InChI=1S/C32H24Br3N3O5/c1-19-3-4-20(2)38(19)25-9-11-26(12-10-25)41-18-27-13-14-29(42-27)31(39)37-36-17-22-15-24(34)16-28(35)30(22)43-32(40)21-5-7-23(33)8-6-21/h3-17H,18H2,1-2H3,(H,37,39)/b36-17-. The van der Waals surface area contributed by atoms with Gasteiger partial charge in [-0.3, -0.25) is 4.79 Å². The van der Waals surface area contributed by atoms with Gasteiger partial charge in [0.05, 0.1) is 16.3 Å². The first-order chi connectivity index (χ1) is 20.7. The number of halogens is 3. The molecule has 11 heteroatoms. The molecule has 0 bridgehead atoms. The number of nitrogens with zero attached hydrogens (tertiary/aromatic N) is 2. The molecule has 5 rings (SSSR count). The van der Waals surface area contributed by atoms with Crippen molar-refractivity contribution in [3.05, 3.63) is 132 Å². The van der Waals surface area contributed by atoms with E-state index in [1.54, 1.807) is 48.5 Å². The fourth-order valence-corrected chi connectivity index (χ4v) is 5.84. The maximum Gasteiger partial charge on any atom is 0.343 e. The van der Waals surface area contributed by atoms with Crippen LogP contribution in [-0.2, 0) is 6.61 Å². The molecule has 0 aliphatic heterocycles. The van der Waals surface area contributed by atoms with Gasteiger partial charge in [0.2, 0.25) is 0 Å². The van der Waals surface area contributed by atoms with E-state index in [9.17, 15) is 9.59 Å². The van der Waals surface area contributed by atoms with Crippen LogP contribution in [0.5, 0.6) is 11.5 Å². The predicted octanol–water partition coefficient (Wildman–Crippen LogP) is 8.54. The molecule has 2 aromatic heterocycles. The molecule has 0 radical (unpaired) electrons. The van der Waals surface area contributed by atoms with Gasteiger partial charge in [-0.15, -0.1) is 0 Å². The number of amides is 1. The first-order valence-electron chi connectivity index (χ1n) is 12.9. The number of hydrogen-bond donors (Lipinski definition) is 1. The van der Waals surface area contributed by atoms with Gasteiger partial charge in [0.25, 0.3) is 0 Å². The summed E-state index contributed by atoms with van der Waals surface area (Å²) in [5.74, 6) is 0.386. The number of aromatic nitrogens is 1. The zero-order chi connectivity index (χ0) is 30.5. The number of rotatable bonds is 9. The van der Waals surface area contributed by atoms with E-state index in [1.165, 1.54) is 6.21 Å². The van der Waals surface area contributed by atoms with Crippen LogP contribution < -0.4 is 14.9 Å². The molecule has 0 saturated carbocycles. The van der Waals surface area contributed by atoms with E-state index in [0.29, 0.717) is 27.1 Å². The summed E-state index contributed by atoms with van der Waals surface area (Å²) in [5.41, 5.74) is 6.63. The normalized spacial score (nSPS) is 11.1. The summed E-state index contributed by atoms with van der Waals surface area (Å²) >= 11 is 10.2. The minimum atomic E-state index is -0.549.